The molecule has 5 nitrogen and oxygen atoms in total. The molecule has 0 amide bonds. The van der Waals surface area contributed by atoms with E-state index in [0.29, 0.717) is 0 Å². The van der Waals surface area contributed by atoms with Crippen LogP contribution in [-0.4, -0.2) is 18.6 Å². The molecule has 0 heterocycles. The van der Waals surface area contributed by atoms with Gasteiger partial charge in [-0.1, -0.05) is 34.8 Å². The molecule has 0 unspecified atom stereocenters. The lowest BCUT2D eigenvalue weighted by Crippen LogP contribution is -2.04. The van der Waals surface area contributed by atoms with Crippen molar-refractivity contribution in [3.8, 4) is 17.6 Å². The normalized spacial score (nSPS) is 11.2. The minimum absolute atomic E-state index is 0.153. The van der Waals surface area contributed by atoms with Crippen LogP contribution in [0, 0.1) is 11.3 Å². The summed E-state index contributed by atoms with van der Waals surface area (Å²) in [6, 6.07) is 5.69. The maximum absolute atomic E-state index is 12.6. The molecule has 2 N–H and O–H groups in total. The molecule has 2 rings (SSSR count). The molecular formula is C13H6Cl3NO4S. The van der Waals surface area contributed by atoms with Gasteiger partial charge in [0.05, 0.1) is 20.5 Å². The fourth-order valence-electron chi connectivity index (χ4n) is 1.74. The Labute approximate surface area is 140 Å². The molecule has 0 bridgehead atoms. The SMILES string of the molecule is N#Cc1cc(S(=O)(=O)c2c(Cl)cc(Cl)cc2Cl)cc(O)c1O. The van der Waals surface area contributed by atoms with Gasteiger partial charge in [0.25, 0.3) is 0 Å². The van der Waals surface area contributed by atoms with Crippen molar-refractivity contribution in [1.82, 2.24) is 0 Å². The van der Waals surface area contributed by atoms with E-state index in [4.69, 9.17) is 40.1 Å². The fourth-order valence-corrected chi connectivity index (χ4v) is 4.57. The topological polar surface area (TPSA) is 98.4 Å². The van der Waals surface area contributed by atoms with Gasteiger partial charge in [0.2, 0.25) is 9.84 Å². The van der Waals surface area contributed by atoms with E-state index >= 15 is 0 Å². The predicted octanol–water partition coefficient (Wildman–Crippen LogP) is 3.76. The predicted molar refractivity (Wildman–Crippen MR) is 81.4 cm³/mol. The molecule has 0 aliphatic heterocycles. The number of halogens is 3. The van der Waals surface area contributed by atoms with Crippen LogP contribution in [0.2, 0.25) is 15.1 Å². The number of rotatable bonds is 2. The van der Waals surface area contributed by atoms with Crippen molar-refractivity contribution in [2.24, 2.45) is 0 Å². The third kappa shape index (κ3) is 2.81. The highest BCUT2D eigenvalue weighted by Crippen LogP contribution is 2.39. The van der Waals surface area contributed by atoms with Crippen molar-refractivity contribution >= 4 is 44.6 Å². The molecule has 114 valence electrons. The molecule has 0 saturated carbocycles. The lowest BCUT2D eigenvalue weighted by molar-refractivity contribution is 0.401. The highest BCUT2D eigenvalue weighted by atomic mass is 35.5. The van der Waals surface area contributed by atoms with Gasteiger partial charge in [-0.2, -0.15) is 5.26 Å². The Balaban J connectivity index is 2.78. The Hall–Kier alpha value is -1.65. The van der Waals surface area contributed by atoms with Crippen LogP contribution in [0.5, 0.6) is 11.5 Å². The molecule has 0 atom stereocenters. The van der Waals surface area contributed by atoms with Crippen LogP contribution in [0.4, 0.5) is 0 Å². The van der Waals surface area contributed by atoms with Crippen LogP contribution >= 0.6 is 34.8 Å². The van der Waals surface area contributed by atoms with Crippen LogP contribution in [0.15, 0.2) is 34.1 Å². The summed E-state index contributed by atoms with van der Waals surface area (Å²) in [6.45, 7) is 0. The first kappa shape index (κ1) is 16.7. The third-order valence-corrected chi connectivity index (χ3v) is 5.60. The van der Waals surface area contributed by atoms with Crippen molar-refractivity contribution in [2.45, 2.75) is 9.79 Å². The van der Waals surface area contributed by atoms with Gasteiger partial charge in [-0.05, 0) is 18.2 Å². The van der Waals surface area contributed by atoms with E-state index in [1.54, 1.807) is 6.07 Å². The Bertz CT molecular complexity index is 897. The lowest BCUT2D eigenvalue weighted by atomic mass is 10.2. The zero-order chi connectivity index (χ0) is 16.7. The van der Waals surface area contributed by atoms with Gasteiger partial charge in [-0.3, -0.25) is 0 Å². The summed E-state index contributed by atoms with van der Waals surface area (Å²) in [7, 11) is -4.23. The van der Waals surface area contributed by atoms with Crippen LogP contribution < -0.4 is 0 Å². The van der Waals surface area contributed by atoms with E-state index in [1.165, 1.54) is 12.1 Å². The molecule has 2 aromatic rings. The number of phenolic OH excluding ortho intramolecular Hbond substituents is 2. The molecule has 22 heavy (non-hydrogen) atoms. The number of phenols is 2. The lowest BCUT2D eigenvalue weighted by Gasteiger charge is -2.11. The Kier molecular flexibility index (Phi) is 4.45. The van der Waals surface area contributed by atoms with Crippen molar-refractivity contribution in [3.63, 3.8) is 0 Å². The zero-order valence-electron chi connectivity index (χ0n) is 10.5. The van der Waals surface area contributed by atoms with Crippen LogP contribution in [0.3, 0.4) is 0 Å². The van der Waals surface area contributed by atoms with Gasteiger partial charge in [-0.25, -0.2) is 8.42 Å². The fraction of sp³-hybridized carbons (Fsp3) is 0. The Morgan fingerprint density at radius 3 is 2.05 bits per heavy atom. The van der Waals surface area contributed by atoms with Crippen molar-refractivity contribution in [3.05, 3.63) is 44.9 Å². The maximum Gasteiger partial charge on any atom is 0.209 e. The summed E-state index contributed by atoms with van der Waals surface area (Å²) in [5, 5.41) is 27.6. The quantitative estimate of drug-likeness (QED) is 0.775. The molecule has 0 radical (unpaired) electrons. The van der Waals surface area contributed by atoms with E-state index in [-0.39, 0.29) is 15.1 Å². The average molecular weight is 379 g/mol. The molecule has 0 aliphatic carbocycles. The van der Waals surface area contributed by atoms with E-state index in [0.717, 1.165) is 12.1 Å². The van der Waals surface area contributed by atoms with Crippen LogP contribution in [0.1, 0.15) is 5.56 Å². The molecule has 0 spiro atoms. The summed E-state index contributed by atoms with van der Waals surface area (Å²) >= 11 is 17.5. The molecule has 2 aromatic carbocycles. The minimum Gasteiger partial charge on any atom is -0.504 e. The van der Waals surface area contributed by atoms with Crippen molar-refractivity contribution < 1.29 is 18.6 Å². The van der Waals surface area contributed by atoms with Crippen molar-refractivity contribution in [1.29, 1.82) is 5.26 Å². The largest absolute Gasteiger partial charge is 0.504 e. The molecular weight excluding hydrogens is 373 g/mol. The number of hydrogen-bond donors (Lipinski definition) is 2. The monoisotopic (exact) mass is 377 g/mol. The second-order valence-electron chi connectivity index (χ2n) is 4.15. The van der Waals surface area contributed by atoms with Gasteiger partial charge < -0.3 is 10.2 Å². The first-order valence-corrected chi connectivity index (χ1v) is 8.16. The number of aromatic hydroxyl groups is 2. The maximum atomic E-state index is 12.6. The standard InChI is InChI=1S/C13H6Cl3NO4S/c14-7-2-9(15)13(10(16)3-7)22(20,21)8-1-6(5-17)12(19)11(18)4-8/h1-4,18-19H. The summed E-state index contributed by atoms with van der Waals surface area (Å²) in [5.74, 6) is -1.46. The minimum atomic E-state index is -4.23. The Morgan fingerprint density at radius 2 is 1.55 bits per heavy atom. The first-order chi connectivity index (χ1) is 10.2. The van der Waals surface area contributed by atoms with E-state index in [9.17, 15) is 18.6 Å². The number of nitriles is 1. The van der Waals surface area contributed by atoms with Gasteiger partial charge in [-0.15, -0.1) is 0 Å². The summed E-state index contributed by atoms with van der Waals surface area (Å²) in [5.41, 5.74) is -0.403. The van der Waals surface area contributed by atoms with Crippen LogP contribution in [0.25, 0.3) is 0 Å². The third-order valence-electron chi connectivity index (χ3n) is 2.73. The van der Waals surface area contributed by atoms with Gasteiger partial charge in [0.1, 0.15) is 11.0 Å². The van der Waals surface area contributed by atoms with E-state index in [2.05, 4.69) is 0 Å². The average Bonchev–Trinajstić information content (AvgIpc) is 2.39. The van der Waals surface area contributed by atoms with E-state index < -0.39 is 36.7 Å². The summed E-state index contributed by atoms with van der Waals surface area (Å²) in [6.07, 6.45) is 0. The number of benzene rings is 2. The van der Waals surface area contributed by atoms with Gasteiger partial charge in [0.15, 0.2) is 11.5 Å². The molecule has 0 aliphatic rings. The molecule has 0 aromatic heterocycles. The summed E-state index contributed by atoms with van der Waals surface area (Å²) < 4.78 is 25.2. The molecule has 9 heteroatoms. The molecule has 0 saturated heterocycles. The molecule has 0 fully saturated rings. The summed E-state index contributed by atoms with van der Waals surface area (Å²) in [4.78, 5) is -0.848. The van der Waals surface area contributed by atoms with Gasteiger partial charge >= 0.3 is 0 Å². The highest BCUT2D eigenvalue weighted by Gasteiger charge is 2.27. The number of hydrogen-bond acceptors (Lipinski definition) is 5. The second kappa shape index (κ2) is 5.86. The smallest absolute Gasteiger partial charge is 0.209 e. The van der Waals surface area contributed by atoms with Crippen molar-refractivity contribution in [2.75, 3.05) is 0 Å². The van der Waals surface area contributed by atoms with Gasteiger partial charge in [0, 0.05) is 11.1 Å². The highest BCUT2D eigenvalue weighted by molar-refractivity contribution is 7.91. The zero-order valence-corrected chi connectivity index (χ0v) is 13.6. The Morgan fingerprint density at radius 1 is 1.00 bits per heavy atom. The van der Waals surface area contributed by atoms with Crippen LogP contribution in [-0.2, 0) is 9.84 Å². The number of sulfone groups is 1. The first-order valence-electron chi connectivity index (χ1n) is 5.54. The number of nitrogens with zero attached hydrogens (tertiary/aromatic N) is 1. The second-order valence-corrected chi connectivity index (χ2v) is 7.29. The van der Waals surface area contributed by atoms with E-state index in [1.807, 2.05) is 0 Å².